The fourth-order valence-electron chi connectivity index (χ4n) is 2.01. The van der Waals surface area contributed by atoms with Crippen LogP contribution in [0.15, 0.2) is 30.2 Å². The number of anilines is 2. The van der Waals surface area contributed by atoms with Gasteiger partial charge in [-0.1, -0.05) is 0 Å². The molecular weight excluding hydrogens is 306 g/mol. The van der Waals surface area contributed by atoms with Crippen LogP contribution in [0.25, 0.3) is 0 Å². The van der Waals surface area contributed by atoms with Gasteiger partial charge in [0, 0.05) is 7.05 Å². The van der Waals surface area contributed by atoms with E-state index < -0.39 is 23.0 Å². The maximum atomic E-state index is 12.3. The molecule has 1 aliphatic heterocycles. The van der Waals surface area contributed by atoms with Crippen LogP contribution in [0.1, 0.15) is 10.4 Å². The lowest BCUT2D eigenvalue weighted by molar-refractivity contribution is -0.430. The number of rotatable bonds is 4. The minimum Gasteiger partial charge on any atom is -0.465 e. The molecule has 23 heavy (non-hydrogen) atoms. The minimum absolute atomic E-state index is 0.211. The van der Waals surface area contributed by atoms with Crippen LogP contribution < -0.4 is 16.4 Å². The zero-order chi connectivity index (χ0) is 17.1. The number of nitrogen functional groups attached to an aromatic ring is 1. The molecule has 0 radical (unpaired) electrons. The number of nitrogens with one attached hydrogen (secondary N) is 2. The van der Waals surface area contributed by atoms with Crippen molar-refractivity contribution >= 4 is 23.3 Å². The molecule has 122 valence electrons. The number of benzene rings is 1. The lowest BCUT2D eigenvalue weighted by Crippen LogP contribution is -2.45. The van der Waals surface area contributed by atoms with Gasteiger partial charge < -0.3 is 30.8 Å². The Morgan fingerprint density at radius 2 is 2.17 bits per heavy atom. The monoisotopic (exact) mass is 321 g/mol. The molecule has 0 aliphatic carbocycles. The molecule has 1 aliphatic rings. The van der Waals surface area contributed by atoms with Gasteiger partial charge in [0.25, 0.3) is 5.91 Å². The summed E-state index contributed by atoms with van der Waals surface area (Å²) in [6.45, 7) is 0. The lowest BCUT2D eigenvalue weighted by Gasteiger charge is -2.17. The first kappa shape index (κ1) is 16.1. The number of hydrogen-bond acceptors (Lipinski definition) is 8. The fourth-order valence-corrected chi connectivity index (χ4v) is 2.01. The van der Waals surface area contributed by atoms with Crippen molar-refractivity contribution < 1.29 is 19.2 Å². The molecule has 0 fully saturated rings. The third-order valence-electron chi connectivity index (χ3n) is 3.20. The number of methoxy groups -OCH3 is 1. The summed E-state index contributed by atoms with van der Waals surface area (Å²) in [4.78, 5) is 35.2. The van der Waals surface area contributed by atoms with Crippen LogP contribution in [0, 0.1) is 10.1 Å². The maximum absolute atomic E-state index is 12.3. The first-order valence-corrected chi connectivity index (χ1v) is 6.47. The van der Waals surface area contributed by atoms with E-state index in [-0.39, 0.29) is 22.8 Å². The molecule has 4 N–H and O–H groups in total. The molecule has 1 amide bonds. The van der Waals surface area contributed by atoms with Gasteiger partial charge in [-0.3, -0.25) is 4.79 Å². The van der Waals surface area contributed by atoms with Gasteiger partial charge in [-0.05, 0) is 23.1 Å². The number of carbonyl (C=O) groups is 2. The van der Waals surface area contributed by atoms with Crippen LogP contribution in [0.3, 0.4) is 0 Å². The van der Waals surface area contributed by atoms with Crippen LogP contribution in [-0.2, 0) is 9.53 Å². The van der Waals surface area contributed by atoms with Crippen molar-refractivity contribution in [3.63, 3.8) is 0 Å². The Labute approximate surface area is 131 Å². The zero-order valence-corrected chi connectivity index (χ0v) is 12.4. The maximum Gasteiger partial charge on any atom is 0.337 e. The molecule has 0 bridgehead atoms. The Morgan fingerprint density at radius 3 is 2.74 bits per heavy atom. The molecule has 0 aromatic heterocycles. The summed E-state index contributed by atoms with van der Waals surface area (Å²) in [5, 5.41) is 15.7. The molecule has 1 heterocycles. The predicted molar refractivity (Wildman–Crippen MR) is 80.6 cm³/mol. The van der Waals surface area contributed by atoms with Gasteiger partial charge >= 0.3 is 11.8 Å². The van der Waals surface area contributed by atoms with Gasteiger partial charge in [0.05, 0.1) is 30.2 Å². The smallest absolute Gasteiger partial charge is 0.337 e. The summed E-state index contributed by atoms with van der Waals surface area (Å²) in [7, 11) is 2.75. The predicted octanol–water partition coefficient (Wildman–Crippen LogP) is -0.0694. The van der Waals surface area contributed by atoms with E-state index in [0.717, 1.165) is 0 Å². The summed E-state index contributed by atoms with van der Waals surface area (Å²) in [5.41, 5.74) is 6.44. The van der Waals surface area contributed by atoms with Gasteiger partial charge in [-0.25, -0.2) is 10.1 Å². The van der Waals surface area contributed by atoms with Crippen molar-refractivity contribution in [2.45, 2.75) is 6.17 Å². The molecule has 10 nitrogen and oxygen atoms in total. The molecule has 1 aromatic carbocycles. The average molecular weight is 321 g/mol. The summed E-state index contributed by atoms with van der Waals surface area (Å²) < 4.78 is 4.60. The molecule has 0 saturated carbocycles. The molecule has 0 spiro atoms. The van der Waals surface area contributed by atoms with Crippen molar-refractivity contribution in [1.29, 1.82) is 0 Å². The Kier molecular flexibility index (Phi) is 4.35. The van der Waals surface area contributed by atoms with Crippen molar-refractivity contribution in [3.8, 4) is 0 Å². The number of carbonyl (C=O) groups excluding carboxylic acids is 2. The Balaban J connectivity index is 2.15. The highest BCUT2D eigenvalue weighted by Gasteiger charge is 2.35. The average Bonchev–Trinajstić information content (AvgIpc) is 2.91. The minimum atomic E-state index is -0.961. The van der Waals surface area contributed by atoms with Crippen molar-refractivity contribution in [2.75, 3.05) is 25.2 Å². The van der Waals surface area contributed by atoms with E-state index in [9.17, 15) is 19.7 Å². The number of nitrogens with zero attached hydrogens (tertiary/aromatic N) is 2. The summed E-state index contributed by atoms with van der Waals surface area (Å²) in [5.74, 6) is -1.42. The van der Waals surface area contributed by atoms with E-state index in [4.69, 9.17) is 5.73 Å². The number of nitrogens with two attached hydrogens (primary N) is 1. The van der Waals surface area contributed by atoms with E-state index in [0.29, 0.717) is 0 Å². The first-order chi connectivity index (χ1) is 10.8. The normalized spacial score (nSPS) is 16.3. The summed E-state index contributed by atoms with van der Waals surface area (Å²) >= 11 is 0. The Morgan fingerprint density at radius 1 is 1.48 bits per heavy atom. The topological polar surface area (TPSA) is 140 Å². The highest BCUT2D eigenvalue weighted by molar-refractivity contribution is 5.99. The molecular formula is C13H15N5O5. The van der Waals surface area contributed by atoms with E-state index >= 15 is 0 Å². The Bertz CT molecular complexity index is 702. The number of ether oxygens (including phenoxy) is 1. The molecule has 1 aromatic rings. The quantitative estimate of drug-likeness (QED) is 0.303. The van der Waals surface area contributed by atoms with E-state index in [1.54, 1.807) is 0 Å². The van der Waals surface area contributed by atoms with E-state index in [1.165, 1.54) is 43.5 Å². The van der Waals surface area contributed by atoms with E-state index in [1.807, 2.05) is 0 Å². The van der Waals surface area contributed by atoms with Crippen LogP contribution in [0.4, 0.5) is 11.4 Å². The van der Waals surface area contributed by atoms with Crippen LogP contribution in [0.2, 0.25) is 0 Å². The van der Waals surface area contributed by atoms with Crippen molar-refractivity contribution in [1.82, 2.24) is 10.2 Å². The standard InChI is InChI=1S/C13H15N5O5/c1-17-6-10(18(21)22)16-11(17)12(19)15-9-5-7(13(20)23-2)3-4-8(9)14/h3-6,11,16H,14H2,1-2H3,(H,15,19). The lowest BCUT2D eigenvalue weighted by atomic mass is 10.1. The summed E-state index contributed by atoms with van der Waals surface area (Å²) in [6.07, 6.45) is 0.245. The molecule has 10 heteroatoms. The summed E-state index contributed by atoms with van der Waals surface area (Å²) in [6, 6.07) is 4.29. The zero-order valence-electron chi connectivity index (χ0n) is 12.4. The van der Waals surface area contributed by atoms with Gasteiger partial charge in [0.2, 0.25) is 6.17 Å². The van der Waals surface area contributed by atoms with Crippen LogP contribution in [-0.4, -0.2) is 42.0 Å². The van der Waals surface area contributed by atoms with Gasteiger partial charge in [-0.15, -0.1) is 0 Å². The highest BCUT2D eigenvalue weighted by atomic mass is 16.6. The van der Waals surface area contributed by atoms with Gasteiger partial charge in [0.15, 0.2) is 0 Å². The molecule has 0 saturated heterocycles. The van der Waals surface area contributed by atoms with Gasteiger partial charge in [-0.2, -0.15) is 0 Å². The second kappa shape index (κ2) is 6.22. The molecule has 1 unspecified atom stereocenters. The number of esters is 1. The van der Waals surface area contributed by atoms with Crippen LogP contribution >= 0.6 is 0 Å². The van der Waals surface area contributed by atoms with E-state index in [2.05, 4.69) is 15.4 Å². The molecule has 2 rings (SSSR count). The molecule has 1 atom stereocenters. The fraction of sp³-hybridized carbons (Fsp3) is 0.231. The number of nitro groups is 1. The number of amides is 1. The number of hydrogen-bond donors (Lipinski definition) is 3. The highest BCUT2D eigenvalue weighted by Crippen LogP contribution is 2.21. The van der Waals surface area contributed by atoms with Crippen LogP contribution in [0.5, 0.6) is 0 Å². The van der Waals surface area contributed by atoms with Crippen molar-refractivity contribution in [2.24, 2.45) is 0 Å². The second-order valence-corrected chi connectivity index (χ2v) is 4.77. The SMILES string of the molecule is COC(=O)c1ccc(N)c(NC(=O)C2NC([N+](=O)[O-])=CN2C)c1. The second-order valence-electron chi connectivity index (χ2n) is 4.77. The van der Waals surface area contributed by atoms with Crippen molar-refractivity contribution in [3.05, 3.63) is 45.9 Å². The van der Waals surface area contributed by atoms with Gasteiger partial charge in [0.1, 0.15) is 0 Å². The third-order valence-corrected chi connectivity index (χ3v) is 3.20. The largest absolute Gasteiger partial charge is 0.465 e. The first-order valence-electron chi connectivity index (χ1n) is 6.47. The third kappa shape index (κ3) is 3.31. The number of likely N-dealkylation sites (N-methyl/N-ethyl adjacent to an activating group) is 1. The Hall–Kier alpha value is -3.30.